The second-order valence-corrected chi connectivity index (χ2v) is 4.80. The number of carbonyl (C=O) groups excluding carboxylic acids is 1. The lowest BCUT2D eigenvalue weighted by Gasteiger charge is -2.06. The lowest BCUT2D eigenvalue weighted by molar-refractivity contribution is 0.0953. The molecular weight excluding hydrogens is 210 g/mol. The minimum absolute atomic E-state index is 0.0794. The summed E-state index contributed by atoms with van der Waals surface area (Å²) in [4.78, 5) is 11.9. The van der Waals surface area contributed by atoms with Gasteiger partial charge in [0.2, 0.25) is 0 Å². The molecule has 0 unspecified atom stereocenters. The maximum Gasteiger partial charge on any atom is 0.251 e. The molecule has 2 rings (SSSR count). The van der Waals surface area contributed by atoms with E-state index in [9.17, 15) is 4.79 Å². The molecule has 2 nitrogen and oxygen atoms in total. The minimum atomic E-state index is 0.0794. The second kappa shape index (κ2) is 5.85. The zero-order valence-corrected chi connectivity index (χ0v) is 10.6. The first-order valence-corrected chi connectivity index (χ1v) is 6.71. The highest BCUT2D eigenvalue weighted by molar-refractivity contribution is 5.94. The molecule has 0 atom stereocenters. The zero-order chi connectivity index (χ0) is 12.1. The molecule has 1 aliphatic carbocycles. The Morgan fingerprint density at radius 1 is 1.24 bits per heavy atom. The Hall–Kier alpha value is -1.31. The molecule has 1 aliphatic rings. The van der Waals surface area contributed by atoms with Crippen molar-refractivity contribution < 1.29 is 4.79 Å². The zero-order valence-electron chi connectivity index (χ0n) is 10.6. The Kier molecular flexibility index (Phi) is 4.18. The maximum atomic E-state index is 11.9. The average Bonchev–Trinajstić information content (AvgIpc) is 2.81. The van der Waals surface area contributed by atoms with E-state index in [1.165, 1.54) is 36.8 Å². The number of unbranched alkanes of at least 4 members (excludes halogenated alkanes) is 2. The number of hydrogen-bond donors (Lipinski definition) is 1. The molecule has 0 spiro atoms. The molecule has 92 valence electrons. The van der Waals surface area contributed by atoms with Crippen molar-refractivity contribution in [3.63, 3.8) is 0 Å². The van der Waals surface area contributed by atoms with Gasteiger partial charge in [0.05, 0.1) is 0 Å². The summed E-state index contributed by atoms with van der Waals surface area (Å²) in [6.07, 6.45) is 6.99. The van der Waals surface area contributed by atoms with Gasteiger partial charge in [-0.2, -0.15) is 0 Å². The van der Waals surface area contributed by atoms with Gasteiger partial charge in [-0.05, 0) is 48.9 Å². The van der Waals surface area contributed by atoms with E-state index in [2.05, 4.69) is 24.4 Å². The van der Waals surface area contributed by atoms with Crippen LogP contribution >= 0.6 is 0 Å². The van der Waals surface area contributed by atoms with Crippen LogP contribution < -0.4 is 5.32 Å². The van der Waals surface area contributed by atoms with Gasteiger partial charge in [-0.3, -0.25) is 4.79 Å². The fraction of sp³-hybridized carbons (Fsp3) is 0.533. The van der Waals surface area contributed by atoms with E-state index >= 15 is 0 Å². The maximum absolute atomic E-state index is 11.9. The van der Waals surface area contributed by atoms with Crippen LogP contribution in [0, 0.1) is 0 Å². The van der Waals surface area contributed by atoms with Crippen molar-refractivity contribution in [1.29, 1.82) is 0 Å². The predicted molar refractivity (Wildman–Crippen MR) is 70.3 cm³/mol. The summed E-state index contributed by atoms with van der Waals surface area (Å²) in [6, 6.07) is 6.14. The molecule has 1 aromatic rings. The quantitative estimate of drug-likeness (QED) is 0.775. The lowest BCUT2D eigenvalue weighted by atomic mass is 10.1. The highest BCUT2D eigenvalue weighted by Gasteiger charge is 2.13. The van der Waals surface area contributed by atoms with Gasteiger partial charge in [-0.25, -0.2) is 0 Å². The first-order valence-electron chi connectivity index (χ1n) is 6.71. The van der Waals surface area contributed by atoms with Crippen molar-refractivity contribution in [2.75, 3.05) is 6.54 Å². The van der Waals surface area contributed by atoms with Gasteiger partial charge >= 0.3 is 0 Å². The standard InChI is InChI=1S/C15H21NO/c1-2-3-4-10-16-15(17)14-9-8-12-6-5-7-13(12)11-14/h8-9,11H,2-7,10H2,1H3,(H,16,17). The highest BCUT2D eigenvalue weighted by Crippen LogP contribution is 2.22. The van der Waals surface area contributed by atoms with E-state index in [0.29, 0.717) is 0 Å². The molecule has 0 saturated heterocycles. The molecule has 0 aromatic heterocycles. The number of hydrogen-bond acceptors (Lipinski definition) is 1. The SMILES string of the molecule is CCCCCNC(=O)c1ccc2c(c1)CCC2. The lowest BCUT2D eigenvalue weighted by Crippen LogP contribution is -2.24. The van der Waals surface area contributed by atoms with Gasteiger partial charge in [-0.15, -0.1) is 0 Å². The smallest absolute Gasteiger partial charge is 0.251 e. The van der Waals surface area contributed by atoms with Crippen molar-refractivity contribution in [3.05, 3.63) is 34.9 Å². The summed E-state index contributed by atoms with van der Waals surface area (Å²) in [5.41, 5.74) is 3.61. The van der Waals surface area contributed by atoms with Gasteiger partial charge in [0.15, 0.2) is 0 Å². The number of amides is 1. The van der Waals surface area contributed by atoms with Crippen LogP contribution in [0.2, 0.25) is 0 Å². The Balaban J connectivity index is 1.91. The van der Waals surface area contributed by atoms with E-state index in [4.69, 9.17) is 0 Å². The van der Waals surface area contributed by atoms with Crippen LogP contribution in [0.1, 0.15) is 54.1 Å². The molecule has 1 aromatic carbocycles. The molecule has 0 aliphatic heterocycles. The number of benzene rings is 1. The van der Waals surface area contributed by atoms with E-state index < -0.39 is 0 Å². The fourth-order valence-corrected chi connectivity index (χ4v) is 2.39. The van der Waals surface area contributed by atoms with Crippen LogP contribution in [0.4, 0.5) is 0 Å². The van der Waals surface area contributed by atoms with Crippen LogP contribution in [0.25, 0.3) is 0 Å². The summed E-state index contributed by atoms with van der Waals surface area (Å²) in [5.74, 6) is 0.0794. The fourth-order valence-electron chi connectivity index (χ4n) is 2.39. The van der Waals surface area contributed by atoms with Crippen LogP contribution in [-0.2, 0) is 12.8 Å². The largest absolute Gasteiger partial charge is 0.352 e. The molecular formula is C15H21NO. The predicted octanol–water partition coefficient (Wildman–Crippen LogP) is 3.10. The average molecular weight is 231 g/mol. The van der Waals surface area contributed by atoms with E-state index in [-0.39, 0.29) is 5.91 Å². The normalized spacial score (nSPS) is 13.5. The van der Waals surface area contributed by atoms with Crippen LogP contribution in [0.15, 0.2) is 18.2 Å². The van der Waals surface area contributed by atoms with E-state index in [0.717, 1.165) is 24.9 Å². The third-order valence-electron chi connectivity index (χ3n) is 3.43. The molecule has 0 saturated carbocycles. The van der Waals surface area contributed by atoms with Gasteiger partial charge in [0.25, 0.3) is 5.91 Å². The molecule has 0 radical (unpaired) electrons. The third kappa shape index (κ3) is 3.09. The Bertz CT molecular complexity index is 398. The van der Waals surface area contributed by atoms with Crippen LogP contribution in [-0.4, -0.2) is 12.5 Å². The first kappa shape index (κ1) is 12.2. The van der Waals surface area contributed by atoms with Crippen molar-refractivity contribution in [1.82, 2.24) is 5.32 Å². The summed E-state index contributed by atoms with van der Waals surface area (Å²) in [6.45, 7) is 2.96. The van der Waals surface area contributed by atoms with E-state index in [1.807, 2.05) is 6.07 Å². The van der Waals surface area contributed by atoms with Gasteiger partial charge in [-0.1, -0.05) is 25.8 Å². The van der Waals surface area contributed by atoms with Gasteiger partial charge in [0, 0.05) is 12.1 Å². The number of aryl methyl sites for hydroxylation is 2. The van der Waals surface area contributed by atoms with Gasteiger partial charge < -0.3 is 5.32 Å². The topological polar surface area (TPSA) is 29.1 Å². The Labute approximate surface area is 103 Å². The molecule has 2 heteroatoms. The summed E-state index contributed by atoms with van der Waals surface area (Å²) in [7, 11) is 0. The second-order valence-electron chi connectivity index (χ2n) is 4.80. The van der Waals surface area contributed by atoms with Crippen LogP contribution in [0.3, 0.4) is 0 Å². The number of rotatable bonds is 5. The van der Waals surface area contributed by atoms with Gasteiger partial charge in [0.1, 0.15) is 0 Å². The Morgan fingerprint density at radius 3 is 2.88 bits per heavy atom. The number of fused-ring (bicyclic) bond motifs is 1. The molecule has 0 heterocycles. The highest BCUT2D eigenvalue weighted by atomic mass is 16.1. The summed E-state index contributed by atoms with van der Waals surface area (Å²) >= 11 is 0. The first-order chi connectivity index (χ1) is 8.31. The monoisotopic (exact) mass is 231 g/mol. The molecule has 1 amide bonds. The van der Waals surface area contributed by atoms with Crippen molar-refractivity contribution >= 4 is 5.91 Å². The van der Waals surface area contributed by atoms with E-state index in [1.54, 1.807) is 0 Å². The molecule has 0 fully saturated rings. The summed E-state index contributed by atoms with van der Waals surface area (Å²) in [5, 5.41) is 2.99. The Morgan fingerprint density at radius 2 is 2.06 bits per heavy atom. The van der Waals surface area contributed by atoms with Crippen molar-refractivity contribution in [2.45, 2.75) is 45.4 Å². The molecule has 17 heavy (non-hydrogen) atoms. The third-order valence-corrected chi connectivity index (χ3v) is 3.43. The molecule has 0 bridgehead atoms. The van der Waals surface area contributed by atoms with Crippen LogP contribution in [0.5, 0.6) is 0 Å². The summed E-state index contributed by atoms with van der Waals surface area (Å²) < 4.78 is 0. The minimum Gasteiger partial charge on any atom is -0.352 e. The van der Waals surface area contributed by atoms with Crippen molar-refractivity contribution in [3.8, 4) is 0 Å². The number of carbonyl (C=O) groups is 1. The number of nitrogens with one attached hydrogen (secondary N) is 1. The van der Waals surface area contributed by atoms with Crippen molar-refractivity contribution in [2.24, 2.45) is 0 Å². The molecule has 1 N–H and O–H groups in total.